The Balaban J connectivity index is 2.34. The molecule has 21 heavy (non-hydrogen) atoms. The van der Waals surface area contributed by atoms with E-state index in [1.54, 1.807) is 18.2 Å². The van der Waals surface area contributed by atoms with Gasteiger partial charge in [0.15, 0.2) is 5.17 Å². The topological polar surface area (TPSA) is 67.8 Å². The van der Waals surface area contributed by atoms with Crippen LogP contribution in [0.5, 0.6) is 5.75 Å². The third-order valence-corrected chi connectivity index (χ3v) is 3.83. The zero-order valence-corrected chi connectivity index (χ0v) is 13.4. The fourth-order valence-corrected chi connectivity index (χ4v) is 3.09. The molecule has 8 heteroatoms. The van der Waals surface area contributed by atoms with Crippen LogP contribution in [0.25, 0.3) is 6.08 Å². The van der Waals surface area contributed by atoms with Crippen molar-refractivity contribution in [3.05, 3.63) is 32.6 Å². The van der Waals surface area contributed by atoms with Crippen LogP contribution in [0.4, 0.5) is 0 Å². The van der Waals surface area contributed by atoms with Gasteiger partial charge in [-0.15, -0.1) is 0 Å². The van der Waals surface area contributed by atoms with Gasteiger partial charge in [-0.05, 0) is 30.0 Å². The quantitative estimate of drug-likeness (QED) is 0.837. The predicted molar refractivity (Wildman–Crippen MR) is 84.8 cm³/mol. The lowest BCUT2D eigenvalue weighted by Gasteiger charge is -2.08. The van der Waals surface area contributed by atoms with Crippen LogP contribution in [0.15, 0.2) is 22.0 Å². The Morgan fingerprint density at radius 3 is 2.76 bits per heavy atom. The van der Waals surface area contributed by atoms with Gasteiger partial charge in [0, 0.05) is 17.5 Å². The van der Waals surface area contributed by atoms with E-state index in [1.165, 1.54) is 14.0 Å². The number of ether oxygens (including phenoxy) is 1. The summed E-state index contributed by atoms with van der Waals surface area (Å²) in [4.78, 5) is 26.9. The van der Waals surface area contributed by atoms with Crippen LogP contribution in [-0.4, -0.2) is 24.1 Å². The van der Waals surface area contributed by atoms with Crippen LogP contribution in [0, 0.1) is 0 Å². The number of nitrogens with zero attached hydrogens (tertiary/aromatic N) is 1. The van der Waals surface area contributed by atoms with Crippen LogP contribution in [0.2, 0.25) is 10.0 Å². The van der Waals surface area contributed by atoms with E-state index in [4.69, 9.17) is 27.9 Å². The first-order valence-corrected chi connectivity index (χ1v) is 7.31. The highest BCUT2D eigenvalue weighted by atomic mass is 35.5. The summed E-state index contributed by atoms with van der Waals surface area (Å²) in [5.41, 5.74) is 0.560. The minimum absolute atomic E-state index is 0.242. The summed E-state index contributed by atoms with van der Waals surface area (Å²) in [5, 5.41) is 3.47. The molecule has 1 aliphatic heterocycles. The second kappa shape index (κ2) is 6.51. The molecule has 2 rings (SSSR count). The molecule has 1 N–H and O–H groups in total. The number of rotatable bonds is 2. The summed E-state index contributed by atoms with van der Waals surface area (Å²) >= 11 is 13.1. The SMILES string of the molecule is COc1c(Cl)cc(Cl)cc1/C=C1\SC(NC(C)=O)=NC1=O. The van der Waals surface area contributed by atoms with Gasteiger partial charge >= 0.3 is 0 Å². The van der Waals surface area contributed by atoms with Gasteiger partial charge in [-0.1, -0.05) is 23.2 Å². The van der Waals surface area contributed by atoms with Gasteiger partial charge in [-0.3, -0.25) is 9.59 Å². The second-order valence-corrected chi connectivity index (χ2v) is 5.90. The van der Waals surface area contributed by atoms with Crippen LogP contribution < -0.4 is 10.1 Å². The number of benzene rings is 1. The largest absolute Gasteiger partial charge is 0.495 e. The van der Waals surface area contributed by atoms with Gasteiger partial charge in [0.2, 0.25) is 5.91 Å². The summed E-state index contributed by atoms with van der Waals surface area (Å²) < 4.78 is 5.21. The van der Waals surface area contributed by atoms with Crippen LogP contribution in [0.3, 0.4) is 0 Å². The van der Waals surface area contributed by atoms with Gasteiger partial charge in [-0.2, -0.15) is 4.99 Å². The Hall–Kier alpha value is -1.50. The molecule has 1 aliphatic rings. The Bertz CT molecular complexity index is 686. The van der Waals surface area contributed by atoms with Gasteiger partial charge in [0.25, 0.3) is 5.91 Å². The van der Waals surface area contributed by atoms with Crippen molar-refractivity contribution in [2.45, 2.75) is 6.92 Å². The van der Waals surface area contributed by atoms with E-state index in [0.29, 0.717) is 26.3 Å². The van der Waals surface area contributed by atoms with Crippen molar-refractivity contribution >= 4 is 58.0 Å². The zero-order valence-electron chi connectivity index (χ0n) is 11.1. The van der Waals surface area contributed by atoms with E-state index in [-0.39, 0.29) is 11.1 Å². The molecule has 0 saturated carbocycles. The molecule has 0 radical (unpaired) electrons. The highest BCUT2D eigenvalue weighted by Crippen LogP contribution is 2.36. The summed E-state index contributed by atoms with van der Waals surface area (Å²) in [6.07, 6.45) is 1.57. The average molecular weight is 345 g/mol. The molecule has 110 valence electrons. The van der Waals surface area contributed by atoms with Crippen molar-refractivity contribution in [2.24, 2.45) is 4.99 Å². The molecule has 0 unspecified atom stereocenters. The molecule has 0 spiro atoms. The van der Waals surface area contributed by atoms with Crippen molar-refractivity contribution in [3.63, 3.8) is 0 Å². The van der Waals surface area contributed by atoms with E-state index in [9.17, 15) is 9.59 Å². The first-order chi connectivity index (χ1) is 9.90. The maximum absolute atomic E-state index is 11.8. The summed E-state index contributed by atoms with van der Waals surface area (Å²) in [6.45, 7) is 1.34. The lowest BCUT2D eigenvalue weighted by molar-refractivity contribution is -0.117. The van der Waals surface area contributed by atoms with E-state index < -0.39 is 5.91 Å². The molecule has 2 amide bonds. The van der Waals surface area contributed by atoms with Gasteiger partial charge in [-0.25, -0.2) is 0 Å². The number of hydrogen-bond acceptors (Lipinski definition) is 4. The standard InChI is InChI=1S/C13H10Cl2N2O3S/c1-6(18)16-13-17-12(19)10(21-13)4-7-3-8(14)5-9(15)11(7)20-2/h3-5H,1-2H3,(H,16,17,18,19)/b10-4-. The monoisotopic (exact) mass is 344 g/mol. The summed E-state index contributed by atoms with van der Waals surface area (Å²) in [7, 11) is 1.47. The van der Waals surface area contributed by atoms with Gasteiger partial charge in [0.1, 0.15) is 5.75 Å². The molecule has 5 nitrogen and oxygen atoms in total. The van der Waals surface area contributed by atoms with Crippen LogP contribution in [-0.2, 0) is 9.59 Å². The number of carbonyl (C=O) groups is 2. The smallest absolute Gasteiger partial charge is 0.286 e. The Labute approximate surface area is 135 Å². The van der Waals surface area contributed by atoms with Crippen molar-refractivity contribution in [3.8, 4) is 5.75 Å². The first kappa shape index (κ1) is 15.9. The van der Waals surface area contributed by atoms with E-state index in [0.717, 1.165) is 11.8 Å². The van der Waals surface area contributed by atoms with E-state index in [1.807, 2.05) is 0 Å². The molecule has 0 aliphatic carbocycles. The number of hydrogen-bond donors (Lipinski definition) is 1. The number of amidine groups is 1. The zero-order chi connectivity index (χ0) is 15.6. The molecule has 1 heterocycles. The number of nitrogens with one attached hydrogen (secondary N) is 1. The highest BCUT2D eigenvalue weighted by Gasteiger charge is 2.23. The molecule has 0 aromatic heterocycles. The molecule has 0 fully saturated rings. The first-order valence-electron chi connectivity index (χ1n) is 5.74. The number of halogens is 2. The van der Waals surface area contributed by atoms with Crippen LogP contribution in [0.1, 0.15) is 12.5 Å². The molecule has 0 bridgehead atoms. The maximum Gasteiger partial charge on any atom is 0.286 e. The van der Waals surface area contributed by atoms with Crippen molar-refractivity contribution in [2.75, 3.05) is 7.11 Å². The molecule has 0 atom stereocenters. The summed E-state index contributed by atoms with van der Waals surface area (Å²) in [6, 6.07) is 3.18. The normalized spacial score (nSPS) is 16.1. The Morgan fingerprint density at radius 2 is 2.14 bits per heavy atom. The fraction of sp³-hybridized carbons (Fsp3) is 0.154. The fourth-order valence-electron chi connectivity index (χ4n) is 1.66. The Kier molecular flexibility index (Phi) is 4.92. The molecule has 0 saturated heterocycles. The van der Waals surface area contributed by atoms with Crippen molar-refractivity contribution in [1.82, 2.24) is 5.32 Å². The highest BCUT2D eigenvalue weighted by molar-refractivity contribution is 8.18. The third kappa shape index (κ3) is 3.78. The Morgan fingerprint density at radius 1 is 1.43 bits per heavy atom. The number of carbonyl (C=O) groups excluding carboxylic acids is 2. The third-order valence-electron chi connectivity index (χ3n) is 2.43. The van der Waals surface area contributed by atoms with Gasteiger partial charge in [0.05, 0.1) is 17.0 Å². The average Bonchev–Trinajstić information content (AvgIpc) is 2.68. The summed E-state index contributed by atoms with van der Waals surface area (Å²) in [5.74, 6) is -0.324. The second-order valence-electron chi connectivity index (χ2n) is 4.02. The number of thioether (sulfide) groups is 1. The van der Waals surface area contributed by atoms with Crippen molar-refractivity contribution < 1.29 is 14.3 Å². The molecular weight excluding hydrogens is 335 g/mol. The minimum Gasteiger partial charge on any atom is -0.495 e. The molecule has 1 aromatic rings. The maximum atomic E-state index is 11.8. The van der Waals surface area contributed by atoms with E-state index in [2.05, 4.69) is 10.3 Å². The van der Waals surface area contributed by atoms with Crippen LogP contribution >= 0.6 is 35.0 Å². The van der Waals surface area contributed by atoms with Crippen molar-refractivity contribution in [1.29, 1.82) is 0 Å². The lowest BCUT2D eigenvalue weighted by Crippen LogP contribution is -2.23. The molecule has 1 aromatic carbocycles. The van der Waals surface area contributed by atoms with Gasteiger partial charge < -0.3 is 10.1 Å². The number of aliphatic imine (C=N–C) groups is 1. The number of amides is 2. The lowest BCUT2D eigenvalue weighted by atomic mass is 10.2. The molecular formula is C13H10Cl2N2O3S. The number of methoxy groups -OCH3 is 1. The van der Waals surface area contributed by atoms with E-state index >= 15 is 0 Å². The predicted octanol–water partition coefficient (Wildman–Crippen LogP) is 3.11. The minimum atomic E-state index is -0.443.